The molecule has 16 heavy (non-hydrogen) atoms. The molecule has 0 aliphatic heterocycles. The van der Waals surface area contributed by atoms with Gasteiger partial charge in [-0.1, -0.05) is 11.6 Å². The van der Waals surface area contributed by atoms with Crippen LogP contribution >= 0.6 is 11.6 Å². The van der Waals surface area contributed by atoms with E-state index in [1.54, 1.807) is 25.1 Å². The maximum absolute atomic E-state index is 11.5. The van der Waals surface area contributed by atoms with E-state index in [9.17, 15) is 4.79 Å². The molecule has 4 N–H and O–H groups in total. The second-order valence-corrected chi connectivity index (χ2v) is 3.93. The number of hydrogen-bond acceptors (Lipinski definition) is 3. The van der Waals surface area contributed by atoms with Gasteiger partial charge in [0.25, 0.3) is 0 Å². The average molecular weight is 242 g/mol. The summed E-state index contributed by atoms with van der Waals surface area (Å²) in [7, 11) is 0. The highest BCUT2D eigenvalue weighted by atomic mass is 35.5. The van der Waals surface area contributed by atoms with Gasteiger partial charge in [-0.2, -0.15) is 0 Å². The molecule has 1 amide bonds. The molecule has 0 aliphatic carbocycles. The zero-order chi connectivity index (χ0) is 12.1. The standard InChI is InChI=1S/C11H16ClN3O/c1-3-14-11(16)7(2)15-10-6-8(12)4-5-9(10)13/h4-7,15H,3,13H2,1-2H3,(H,14,16). The highest BCUT2D eigenvalue weighted by Crippen LogP contribution is 2.23. The minimum absolute atomic E-state index is 0.0677. The molecule has 0 fully saturated rings. The number of amides is 1. The minimum Gasteiger partial charge on any atom is -0.397 e. The Kier molecular flexibility index (Phi) is 4.43. The van der Waals surface area contributed by atoms with E-state index in [1.807, 2.05) is 6.92 Å². The third-order valence-electron chi connectivity index (χ3n) is 2.13. The average Bonchev–Trinajstić information content (AvgIpc) is 2.23. The van der Waals surface area contributed by atoms with Crippen LogP contribution in [0.15, 0.2) is 18.2 Å². The summed E-state index contributed by atoms with van der Waals surface area (Å²) in [6.07, 6.45) is 0. The lowest BCUT2D eigenvalue weighted by atomic mass is 10.2. The Morgan fingerprint density at radius 1 is 1.56 bits per heavy atom. The molecule has 1 aromatic rings. The molecule has 0 aliphatic rings. The van der Waals surface area contributed by atoms with Crippen LogP contribution in [0.25, 0.3) is 0 Å². The van der Waals surface area contributed by atoms with Gasteiger partial charge in [0.15, 0.2) is 0 Å². The van der Waals surface area contributed by atoms with Crippen LogP contribution in [-0.2, 0) is 4.79 Å². The molecule has 0 spiro atoms. The summed E-state index contributed by atoms with van der Waals surface area (Å²) < 4.78 is 0. The fourth-order valence-electron chi connectivity index (χ4n) is 1.28. The van der Waals surface area contributed by atoms with E-state index < -0.39 is 0 Å². The van der Waals surface area contributed by atoms with Gasteiger partial charge < -0.3 is 16.4 Å². The molecule has 0 aromatic heterocycles. The van der Waals surface area contributed by atoms with Crippen LogP contribution in [0, 0.1) is 0 Å². The van der Waals surface area contributed by atoms with Crippen LogP contribution < -0.4 is 16.4 Å². The first-order valence-electron chi connectivity index (χ1n) is 5.14. The molecule has 0 heterocycles. The van der Waals surface area contributed by atoms with Gasteiger partial charge in [-0.15, -0.1) is 0 Å². The second-order valence-electron chi connectivity index (χ2n) is 3.49. The number of rotatable bonds is 4. The normalized spacial score (nSPS) is 11.9. The molecule has 4 nitrogen and oxygen atoms in total. The smallest absolute Gasteiger partial charge is 0.242 e. The van der Waals surface area contributed by atoms with E-state index in [1.165, 1.54) is 0 Å². The Bertz CT molecular complexity index is 381. The van der Waals surface area contributed by atoms with Crippen molar-refractivity contribution in [3.63, 3.8) is 0 Å². The molecular weight excluding hydrogens is 226 g/mol. The lowest BCUT2D eigenvalue weighted by molar-refractivity contribution is -0.121. The Labute approximate surface area is 100 Å². The van der Waals surface area contributed by atoms with Crippen LogP contribution in [0.4, 0.5) is 11.4 Å². The van der Waals surface area contributed by atoms with Gasteiger partial charge in [-0.3, -0.25) is 4.79 Å². The molecule has 88 valence electrons. The summed E-state index contributed by atoms with van der Waals surface area (Å²) in [5.74, 6) is -0.0677. The monoisotopic (exact) mass is 241 g/mol. The SMILES string of the molecule is CCNC(=O)C(C)Nc1cc(Cl)ccc1N. The third-order valence-corrected chi connectivity index (χ3v) is 2.37. The molecular formula is C11H16ClN3O. The number of nitrogen functional groups attached to an aromatic ring is 1. The van der Waals surface area contributed by atoms with Crippen molar-refractivity contribution in [1.29, 1.82) is 0 Å². The van der Waals surface area contributed by atoms with Gasteiger partial charge in [0.05, 0.1) is 11.4 Å². The van der Waals surface area contributed by atoms with Crippen molar-refractivity contribution in [1.82, 2.24) is 5.32 Å². The van der Waals surface area contributed by atoms with Crippen LogP contribution in [0.1, 0.15) is 13.8 Å². The molecule has 0 saturated heterocycles. The van der Waals surface area contributed by atoms with E-state index in [0.29, 0.717) is 22.9 Å². The Morgan fingerprint density at radius 2 is 2.25 bits per heavy atom. The minimum atomic E-state index is -0.347. The van der Waals surface area contributed by atoms with E-state index in [0.717, 1.165) is 0 Å². The largest absolute Gasteiger partial charge is 0.397 e. The van der Waals surface area contributed by atoms with Crippen molar-refractivity contribution < 1.29 is 4.79 Å². The van der Waals surface area contributed by atoms with Crippen molar-refractivity contribution in [2.45, 2.75) is 19.9 Å². The zero-order valence-electron chi connectivity index (χ0n) is 9.38. The Hall–Kier alpha value is -1.42. The number of likely N-dealkylation sites (N-methyl/N-ethyl adjacent to an activating group) is 1. The summed E-state index contributed by atoms with van der Waals surface area (Å²) in [4.78, 5) is 11.5. The predicted octanol–water partition coefficient (Wildman–Crippen LogP) is 1.86. The lowest BCUT2D eigenvalue weighted by Gasteiger charge is -2.16. The van der Waals surface area contributed by atoms with Crippen molar-refractivity contribution >= 4 is 28.9 Å². The fourth-order valence-corrected chi connectivity index (χ4v) is 1.45. The first kappa shape index (κ1) is 12.6. The summed E-state index contributed by atoms with van der Waals surface area (Å²) in [6.45, 7) is 4.25. The van der Waals surface area contributed by atoms with Crippen molar-refractivity contribution in [3.05, 3.63) is 23.2 Å². The quantitative estimate of drug-likeness (QED) is 0.705. The highest BCUT2D eigenvalue weighted by molar-refractivity contribution is 6.31. The van der Waals surface area contributed by atoms with Crippen LogP contribution in [0.3, 0.4) is 0 Å². The number of nitrogens with two attached hydrogens (primary N) is 1. The summed E-state index contributed by atoms with van der Waals surface area (Å²) in [5.41, 5.74) is 7.00. The first-order valence-corrected chi connectivity index (χ1v) is 5.51. The van der Waals surface area contributed by atoms with E-state index in [2.05, 4.69) is 10.6 Å². The van der Waals surface area contributed by atoms with Crippen molar-refractivity contribution in [2.24, 2.45) is 0 Å². The molecule has 1 atom stereocenters. The van der Waals surface area contributed by atoms with Gasteiger partial charge in [0, 0.05) is 11.6 Å². The van der Waals surface area contributed by atoms with E-state index in [-0.39, 0.29) is 11.9 Å². The number of carbonyl (C=O) groups is 1. The number of halogens is 1. The van der Waals surface area contributed by atoms with Gasteiger partial charge in [0.1, 0.15) is 6.04 Å². The number of hydrogen-bond donors (Lipinski definition) is 3. The highest BCUT2D eigenvalue weighted by Gasteiger charge is 2.12. The Balaban J connectivity index is 2.72. The molecule has 1 rings (SSSR count). The topological polar surface area (TPSA) is 67.2 Å². The lowest BCUT2D eigenvalue weighted by Crippen LogP contribution is -2.37. The first-order chi connectivity index (χ1) is 7.54. The summed E-state index contributed by atoms with van der Waals surface area (Å²) in [5, 5.41) is 6.32. The van der Waals surface area contributed by atoms with Gasteiger partial charge in [-0.05, 0) is 32.0 Å². The van der Waals surface area contributed by atoms with Gasteiger partial charge in [0.2, 0.25) is 5.91 Å². The zero-order valence-corrected chi connectivity index (χ0v) is 10.1. The molecule has 0 radical (unpaired) electrons. The summed E-state index contributed by atoms with van der Waals surface area (Å²) in [6, 6.07) is 4.77. The van der Waals surface area contributed by atoms with Crippen LogP contribution in [0.5, 0.6) is 0 Å². The summed E-state index contributed by atoms with van der Waals surface area (Å²) >= 11 is 5.84. The maximum Gasteiger partial charge on any atom is 0.242 e. The molecule has 1 aromatic carbocycles. The Morgan fingerprint density at radius 3 is 2.88 bits per heavy atom. The van der Waals surface area contributed by atoms with Crippen LogP contribution in [0.2, 0.25) is 5.02 Å². The molecule has 1 unspecified atom stereocenters. The van der Waals surface area contributed by atoms with Crippen molar-refractivity contribution in [3.8, 4) is 0 Å². The fraction of sp³-hybridized carbons (Fsp3) is 0.364. The second kappa shape index (κ2) is 5.61. The number of benzene rings is 1. The van der Waals surface area contributed by atoms with Crippen molar-refractivity contribution in [2.75, 3.05) is 17.6 Å². The number of carbonyl (C=O) groups excluding carboxylic acids is 1. The molecule has 5 heteroatoms. The third kappa shape index (κ3) is 3.31. The number of anilines is 2. The van der Waals surface area contributed by atoms with Gasteiger partial charge >= 0.3 is 0 Å². The van der Waals surface area contributed by atoms with E-state index in [4.69, 9.17) is 17.3 Å². The molecule has 0 bridgehead atoms. The maximum atomic E-state index is 11.5. The van der Waals surface area contributed by atoms with Crippen LogP contribution in [-0.4, -0.2) is 18.5 Å². The van der Waals surface area contributed by atoms with E-state index >= 15 is 0 Å². The predicted molar refractivity (Wildman–Crippen MR) is 67.6 cm³/mol. The van der Waals surface area contributed by atoms with Gasteiger partial charge in [-0.25, -0.2) is 0 Å². The number of nitrogens with one attached hydrogen (secondary N) is 2. The molecule has 0 saturated carbocycles.